The number of hydrogen-bond donors (Lipinski definition) is 0. The van der Waals surface area contributed by atoms with Gasteiger partial charge in [0.1, 0.15) is 11.6 Å². The lowest BCUT2D eigenvalue weighted by molar-refractivity contribution is -0.274. The third-order valence-corrected chi connectivity index (χ3v) is 7.48. The zero-order valence-electron chi connectivity index (χ0n) is 25.2. The highest BCUT2D eigenvalue weighted by Crippen LogP contribution is 2.33. The first-order valence-corrected chi connectivity index (χ1v) is 14.9. The van der Waals surface area contributed by atoms with E-state index < -0.39 is 18.1 Å². The Morgan fingerprint density at radius 3 is 1.93 bits per heavy atom. The molecule has 0 radical (unpaired) electrons. The van der Waals surface area contributed by atoms with E-state index in [1.165, 1.54) is 30.3 Å². The summed E-state index contributed by atoms with van der Waals surface area (Å²) in [5.74, 6) is 0.438. The molecule has 0 unspecified atom stereocenters. The molecule has 0 bridgehead atoms. The molecule has 46 heavy (non-hydrogen) atoms. The first kappa shape index (κ1) is 32.8. The number of aromatic nitrogens is 2. The Morgan fingerprint density at radius 2 is 1.33 bits per heavy atom. The minimum absolute atomic E-state index is 0.151. The Hall–Kier alpha value is -4.57. The summed E-state index contributed by atoms with van der Waals surface area (Å²) in [5, 5.41) is 0. The standard InChI is InChI=1S/C36H33F6N3O/c1-2-3-21-45-32(33(28-12-6-4-7-13-28)43-34(45)29-14-8-5-9-15-29)25-44(24-27-11-10-16-30(22-27)35(37,38)39)23-26-17-19-31(20-18-26)46-36(40,41)42/h4-20,22H,2-3,21,23-25H2,1H3. The van der Waals surface area contributed by atoms with Crippen LogP contribution >= 0.6 is 0 Å². The Balaban J connectivity index is 1.58. The number of alkyl halides is 6. The van der Waals surface area contributed by atoms with Crippen molar-refractivity contribution in [1.29, 1.82) is 0 Å². The Labute approximate surface area is 263 Å². The topological polar surface area (TPSA) is 30.3 Å². The lowest BCUT2D eigenvalue weighted by Crippen LogP contribution is -2.25. The van der Waals surface area contributed by atoms with Crippen molar-refractivity contribution in [3.63, 3.8) is 0 Å². The highest BCUT2D eigenvalue weighted by Gasteiger charge is 2.32. The molecule has 0 saturated carbocycles. The maximum absolute atomic E-state index is 13.6. The Kier molecular flexibility index (Phi) is 10.2. The molecule has 5 rings (SSSR count). The van der Waals surface area contributed by atoms with Crippen molar-refractivity contribution < 1.29 is 31.1 Å². The van der Waals surface area contributed by atoms with Gasteiger partial charge < -0.3 is 9.30 Å². The molecule has 0 aliphatic carbocycles. The van der Waals surface area contributed by atoms with Crippen LogP contribution in [0, 0.1) is 0 Å². The van der Waals surface area contributed by atoms with Crippen molar-refractivity contribution in [1.82, 2.24) is 14.5 Å². The van der Waals surface area contributed by atoms with Gasteiger partial charge in [-0.05, 0) is 35.7 Å². The smallest absolute Gasteiger partial charge is 0.406 e. The molecule has 5 aromatic rings. The van der Waals surface area contributed by atoms with Crippen LogP contribution in [0.3, 0.4) is 0 Å². The number of unbranched alkanes of at least 4 members (excludes halogenated alkanes) is 1. The van der Waals surface area contributed by atoms with Gasteiger partial charge in [-0.3, -0.25) is 4.90 Å². The van der Waals surface area contributed by atoms with Crippen LogP contribution in [0.5, 0.6) is 5.75 Å². The molecule has 1 aromatic heterocycles. The molecule has 0 N–H and O–H groups in total. The number of rotatable bonds is 12. The molecule has 0 atom stereocenters. The number of nitrogens with zero attached hydrogens (tertiary/aromatic N) is 3. The summed E-state index contributed by atoms with van der Waals surface area (Å²) in [7, 11) is 0. The lowest BCUT2D eigenvalue weighted by atomic mass is 10.1. The summed E-state index contributed by atoms with van der Waals surface area (Å²) in [6.45, 7) is 3.49. The fourth-order valence-electron chi connectivity index (χ4n) is 5.38. The molecule has 1 heterocycles. The molecule has 4 nitrogen and oxygen atoms in total. The second-order valence-electron chi connectivity index (χ2n) is 11.0. The molecule has 0 saturated heterocycles. The van der Waals surface area contributed by atoms with Gasteiger partial charge in [0.2, 0.25) is 0 Å². The first-order chi connectivity index (χ1) is 22.0. The highest BCUT2D eigenvalue weighted by atomic mass is 19.4. The van der Waals surface area contributed by atoms with Crippen LogP contribution < -0.4 is 4.74 Å². The van der Waals surface area contributed by atoms with Crippen LogP contribution in [0.25, 0.3) is 22.6 Å². The van der Waals surface area contributed by atoms with E-state index in [-0.39, 0.29) is 18.8 Å². The van der Waals surface area contributed by atoms with Gasteiger partial charge in [0.05, 0.1) is 17.0 Å². The minimum atomic E-state index is -4.82. The van der Waals surface area contributed by atoms with Crippen molar-refractivity contribution in [2.75, 3.05) is 0 Å². The van der Waals surface area contributed by atoms with Crippen molar-refractivity contribution in [2.24, 2.45) is 0 Å². The maximum atomic E-state index is 13.6. The fraction of sp³-hybridized carbons (Fsp3) is 0.250. The summed E-state index contributed by atoms with van der Waals surface area (Å²) < 4.78 is 85.3. The largest absolute Gasteiger partial charge is 0.573 e. The van der Waals surface area contributed by atoms with Crippen LogP contribution in [0.1, 0.15) is 42.1 Å². The van der Waals surface area contributed by atoms with E-state index >= 15 is 0 Å². The van der Waals surface area contributed by atoms with Crippen LogP contribution in [-0.2, 0) is 32.4 Å². The highest BCUT2D eigenvalue weighted by molar-refractivity contribution is 5.68. The number of imidazole rings is 1. The van der Waals surface area contributed by atoms with Gasteiger partial charge in [-0.1, -0.05) is 104 Å². The van der Waals surface area contributed by atoms with Crippen molar-refractivity contribution in [3.05, 3.63) is 132 Å². The predicted octanol–water partition coefficient (Wildman–Crippen LogP) is 10.1. The normalized spacial score (nSPS) is 12.1. The van der Waals surface area contributed by atoms with E-state index in [0.29, 0.717) is 24.2 Å². The van der Waals surface area contributed by atoms with E-state index in [4.69, 9.17) is 4.98 Å². The quantitative estimate of drug-likeness (QED) is 0.128. The van der Waals surface area contributed by atoms with E-state index in [1.54, 1.807) is 6.07 Å². The van der Waals surface area contributed by atoms with Crippen LogP contribution in [0.15, 0.2) is 109 Å². The number of hydrogen-bond acceptors (Lipinski definition) is 3. The Bertz CT molecular complexity index is 1700. The Morgan fingerprint density at radius 1 is 0.696 bits per heavy atom. The third kappa shape index (κ3) is 8.57. The summed E-state index contributed by atoms with van der Waals surface area (Å²) in [5.41, 5.74) is 3.87. The molecular formula is C36H33F6N3O. The summed E-state index contributed by atoms with van der Waals surface area (Å²) >= 11 is 0. The van der Waals surface area contributed by atoms with Crippen molar-refractivity contribution in [2.45, 2.75) is 58.5 Å². The second kappa shape index (κ2) is 14.2. The van der Waals surface area contributed by atoms with Crippen LogP contribution in [0.4, 0.5) is 26.3 Å². The average Bonchev–Trinajstić information content (AvgIpc) is 3.38. The average molecular weight is 638 g/mol. The van der Waals surface area contributed by atoms with Gasteiger partial charge in [0.15, 0.2) is 0 Å². The zero-order chi connectivity index (χ0) is 32.7. The SMILES string of the molecule is CCCCn1c(-c2ccccc2)nc(-c2ccccc2)c1CN(Cc1ccc(OC(F)(F)F)cc1)Cc1cccc(C(F)(F)F)c1. The molecule has 10 heteroatoms. The molecular weight excluding hydrogens is 604 g/mol. The van der Waals surface area contributed by atoms with Gasteiger partial charge in [-0.2, -0.15) is 13.2 Å². The summed E-state index contributed by atoms with van der Waals surface area (Å²) in [6.07, 6.45) is -7.50. The monoisotopic (exact) mass is 637 g/mol. The summed E-state index contributed by atoms with van der Waals surface area (Å²) in [6, 6.07) is 30.3. The minimum Gasteiger partial charge on any atom is -0.406 e. The van der Waals surface area contributed by atoms with Crippen LogP contribution in [-0.4, -0.2) is 20.8 Å². The zero-order valence-corrected chi connectivity index (χ0v) is 25.2. The van der Waals surface area contributed by atoms with Gasteiger partial charge in [0.25, 0.3) is 0 Å². The lowest BCUT2D eigenvalue weighted by Gasteiger charge is -2.25. The predicted molar refractivity (Wildman–Crippen MR) is 166 cm³/mol. The number of halogens is 6. The molecule has 0 amide bonds. The fourth-order valence-corrected chi connectivity index (χ4v) is 5.38. The molecule has 0 spiro atoms. The maximum Gasteiger partial charge on any atom is 0.573 e. The van der Waals surface area contributed by atoms with E-state index in [0.717, 1.165) is 53.3 Å². The van der Waals surface area contributed by atoms with Gasteiger partial charge in [-0.25, -0.2) is 4.98 Å². The van der Waals surface area contributed by atoms with E-state index in [9.17, 15) is 26.3 Å². The third-order valence-electron chi connectivity index (χ3n) is 7.48. The second-order valence-corrected chi connectivity index (χ2v) is 11.0. The van der Waals surface area contributed by atoms with Gasteiger partial charge in [0, 0.05) is 37.3 Å². The molecule has 0 aliphatic heterocycles. The van der Waals surface area contributed by atoms with E-state index in [2.05, 4.69) is 16.2 Å². The van der Waals surface area contributed by atoms with Crippen LogP contribution in [0.2, 0.25) is 0 Å². The van der Waals surface area contributed by atoms with E-state index in [1.807, 2.05) is 65.6 Å². The number of ether oxygens (including phenoxy) is 1. The summed E-state index contributed by atoms with van der Waals surface area (Å²) in [4.78, 5) is 7.11. The molecule has 240 valence electrons. The number of benzene rings is 4. The molecule has 0 fully saturated rings. The van der Waals surface area contributed by atoms with Crippen molar-refractivity contribution in [3.8, 4) is 28.4 Å². The van der Waals surface area contributed by atoms with Gasteiger partial charge in [-0.15, -0.1) is 13.2 Å². The first-order valence-electron chi connectivity index (χ1n) is 14.9. The molecule has 0 aliphatic rings. The van der Waals surface area contributed by atoms with Crippen molar-refractivity contribution >= 4 is 0 Å². The molecule has 4 aromatic carbocycles. The van der Waals surface area contributed by atoms with Gasteiger partial charge >= 0.3 is 12.5 Å².